The van der Waals surface area contributed by atoms with Crippen LogP contribution in [0.2, 0.25) is 0 Å². The van der Waals surface area contributed by atoms with Crippen molar-refractivity contribution in [2.75, 3.05) is 32.7 Å². The number of likely N-dealkylation sites (tertiary alicyclic amines) is 1. The van der Waals surface area contributed by atoms with Gasteiger partial charge in [0.15, 0.2) is 0 Å². The second-order valence-electron chi connectivity index (χ2n) is 10.7. The zero-order valence-corrected chi connectivity index (χ0v) is 20.4. The van der Waals surface area contributed by atoms with E-state index >= 15 is 0 Å². The summed E-state index contributed by atoms with van der Waals surface area (Å²) in [7, 11) is -3.51. The van der Waals surface area contributed by atoms with Crippen LogP contribution in [-0.4, -0.2) is 60.3 Å². The SMILES string of the molecule is CC(C)(C)CCN1CCCC2(CCN(S(=O)(=O)c3ccc(-c4ccncc4)nc3)CC2)C1. The molecule has 7 heteroatoms. The highest BCUT2D eigenvalue weighted by Crippen LogP contribution is 2.41. The Kier molecular flexibility index (Phi) is 6.71. The molecule has 4 rings (SSSR count). The Morgan fingerprint density at radius 2 is 1.72 bits per heavy atom. The van der Waals surface area contributed by atoms with Gasteiger partial charge in [-0.1, -0.05) is 20.8 Å². The van der Waals surface area contributed by atoms with E-state index in [1.165, 1.54) is 32.0 Å². The molecule has 0 unspecified atom stereocenters. The summed E-state index contributed by atoms with van der Waals surface area (Å²) in [6.07, 6.45) is 10.4. The highest BCUT2D eigenvalue weighted by atomic mass is 32.2. The number of hydrogen-bond donors (Lipinski definition) is 0. The van der Waals surface area contributed by atoms with Crippen molar-refractivity contribution in [1.82, 2.24) is 19.2 Å². The maximum atomic E-state index is 13.2. The van der Waals surface area contributed by atoms with E-state index in [0.717, 1.165) is 37.2 Å². The molecule has 0 aliphatic carbocycles. The fraction of sp³-hybridized carbons (Fsp3) is 0.600. The number of aromatic nitrogens is 2. The van der Waals surface area contributed by atoms with Crippen LogP contribution in [0.1, 0.15) is 52.9 Å². The van der Waals surface area contributed by atoms with Gasteiger partial charge in [0.2, 0.25) is 10.0 Å². The highest BCUT2D eigenvalue weighted by molar-refractivity contribution is 7.89. The summed E-state index contributed by atoms with van der Waals surface area (Å²) in [4.78, 5) is 11.3. The van der Waals surface area contributed by atoms with Gasteiger partial charge in [0.1, 0.15) is 4.90 Å². The molecule has 2 fully saturated rings. The fourth-order valence-corrected chi connectivity index (χ4v) is 6.37. The van der Waals surface area contributed by atoms with Crippen LogP contribution < -0.4 is 0 Å². The minimum absolute atomic E-state index is 0.269. The Labute approximate surface area is 193 Å². The van der Waals surface area contributed by atoms with E-state index in [4.69, 9.17) is 0 Å². The van der Waals surface area contributed by atoms with Crippen LogP contribution >= 0.6 is 0 Å². The van der Waals surface area contributed by atoms with E-state index in [1.54, 1.807) is 28.8 Å². The fourth-order valence-electron chi connectivity index (χ4n) is 4.98. The van der Waals surface area contributed by atoms with Gasteiger partial charge in [-0.3, -0.25) is 9.97 Å². The van der Waals surface area contributed by atoms with Crippen molar-refractivity contribution in [3.8, 4) is 11.3 Å². The molecule has 0 N–H and O–H groups in total. The highest BCUT2D eigenvalue weighted by Gasteiger charge is 2.41. The smallest absolute Gasteiger partial charge is 0.244 e. The van der Waals surface area contributed by atoms with E-state index in [1.807, 2.05) is 12.1 Å². The quantitative estimate of drug-likeness (QED) is 0.665. The monoisotopic (exact) mass is 456 g/mol. The molecule has 0 amide bonds. The van der Waals surface area contributed by atoms with Crippen molar-refractivity contribution < 1.29 is 8.42 Å². The zero-order chi connectivity index (χ0) is 22.8. The summed E-state index contributed by atoms with van der Waals surface area (Å²) in [5, 5.41) is 0. The van der Waals surface area contributed by atoms with Gasteiger partial charge in [0.05, 0.1) is 5.69 Å². The molecule has 0 radical (unpaired) electrons. The van der Waals surface area contributed by atoms with Crippen molar-refractivity contribution in [3.05, 3.63) is 42.9 Å². The summed E-state index contributed by atoms with van der Waals surface area (Å²) in [6, 6.07) is 7.20. The minimum Gasteiger partial charge on any atom is -0.303 e. The first-order valence-corrected chi connectivity index (χ1v) is 13.2. The normalized spacial score (nSPS) is 20.5. The third-order valence-corrected chi connectivity index (χ3v) is 8.93. The van der Waals surface area contributed by atoms with Crippen LogP contribution in [0.15, 0.2) is 47.8 Å². The van der Waals surface area contributed by atoms with Crippen molar-refractivity contribution in [2.45, 2.75) is 57.8 Å². The average molecular weight is 457 g/mol. The third-order valence-electron chi connectivity index (χ3n) is 7.05. The van der Waals surface area contributed by atoms with Crippen molar-refractivity contribution in [2.24, 2.45) is 10.8 Å². The first-order valence-electron chi connectivity index (χ1n) is 11.8. The largest absolute Gasteiger partial charge is 0.303 e. The van der Waals surface area contributed by atoms with Gasteiger partial charge in [-0.05, 0) is 80.3 Å². The minimum atomic E-state index is -3.51. The lowest BCUT2D eigenvalue weighted by Gasteiger charge is -2.47. The number of hydrogen-bond acceptors (Lipinski definition) is 5. The molecular weight excluding hydrogens is 420 g/mol. The second kappa shape index (κ2) is 9.20. The van der Waals surface area contributed by atoms with Gasteiger partial charge < -0.3 is 4.90 Å². The van der Waals surface area contributed by atoms with Gasteiger partial charge in [-0.25, -0.2) is 8.42 Å². The molecule has 174 valence electrons. The van der Waals surface area contributed by atoms with Crippen LogP contribution in [-0.2, 0) is 10.0 Å². The predicted molar refractivity (Wildman–Crippen MR) is 128 cm³/mol. The molecule has 4 heterocycles. The van der Waals surface area contributed by atoms with Gasteiger partial charge in [-0.2, -0.15) is 4.31 Å². The standard InChI is InChI=1S/C25H36N4O2S/c1-24(2,3)10-16-28-15-4-9-25(20-28)11-17-29(18-12-25)32(30,31)22-5-6-23(27-19-22)21-7-13-26-14-8-21/h5-8,13-14,19H,4,9-12,15-18,20H2,1-3H3. The first-order chi connectivity index (χ1) is 15.2. The zero-order valence-electron chi connectivity index (χ0n) is 19.6. The molecule has 0 atom stereocenters. The van der Waals surface area contributed by atoms with E-state index < -0.39 is 10.0 Å². The van der Waals surface area contributed by atoms with Gasteiger partial charge in [0, 0.05) is 43.8 Å². The van der Waals surface area contributed by atoms with Crippen molar-refractivity contribution in [3.63, 3.8) is 0 Å². The molecule has 0 bridgehead atoms. The van der Waals surface area contributed by atoms with Crippen molar-refractivity contribution in [1.29, 1.82) is 0 Å². The second-order valence-corrected chi connectivity index (χ2v) is 12.6. The molecule has 32 heavy (non-hydrogen) atoms. The average Bonchev–Trinajstić information content (AvgIpc) is 2.78. The topological polar surface area (TPSA) is 66.4 Å². The molecule has 1 spiro atoms. The summed E-state index contributed by atoms with van der Waals surface area (Å²) in [5.74, 6) is 0. The van der Waals surface area contributed by atoms with Crippen LogP contribution in [0.5, 0.6) is 0 Å². The summed E-state index contributed by atoms with van der Waals surface area (Å²) in [6.45, 7) is 11.5. The lowest BCUT2D eigenvalue weighted by Crippen LogP contribution is -2.51. The molecule has 0 aromatic carbocycles. The Bertz CT molecular complexity index is 992. The lowest BCUT2D eigenvalue weighted by atomic mass is 9.73. The Morgan fingerprint density at radius 3 is 2.34 bits per heavy atom. The van der Waals surface area contributed by atoms with Crippen LogP contribution in [0.3, 0.4) is 0 Å². The van der Waals surface area contributed by atoms with E-state index in [9.17, 15) is 8.42 Å². The van der Waals surface area contributed by atoms with E-state index in [0.29, 0.717) is 18.5 Å². The summed E-state index contributed by atoms with van der Waals surface area (Å²) < 4.78 is 28.2. The molecule has 2 aliphatic heterocycles. The van der Waals surface area contributed by atoms with E-state index in [-0.39, 0.29) is 10.3 Å². The third kappa shape index (κ3) is 5.38. The molecule has 2 saturated heterocycles. The maximum absolute atomic E-state index is 13.2. The van der Waals surface area contributed by atoms with Gasteiger partial charge >= 0.3 is 0 Å². The van der Waals surface area contributed by atoms with Crippen molar-refractivity contribution >= 4 is 10.0 Å². The summed E-state index contributed by atoms with van der Waals surface area (Å²) in [5.41, 5.74) is 2.30. The number of pyridine rings is 2. The van der Waals surface area contributed by atoms with Crippen LogP contribution in [0.4, 0.5) is 0 Å². The molecule has 2 aromatic heterocycles. The van der Waals surface area contributed by atoms with Crippen LogP contribution in [0, 0.1) is 10.8 Å². The number of sulfonamides is 1. The molecular formula is C25H36N4O2S. The Balaban J connectivity index is 1.39. The Morgan fingerprint density at radius 1 is 1.00 bits per heavy atom. The van der Waals surface area contributed by atoms with Gasteiger partial charge in [0.25, 0.3) is 0 Å². The maximum Gasteiger partial charge on any atom is 0.244 e. The van der Waals surface area contributed by atoms with Gasteiger partial charge in [-0.15, -0.1) is 0 Å². The lowest BCUT2D eigenvalue weighted by molar-refractivity contribution is 0.0383. The molecule has 6 nitrogen and oxygen atoms in total. The first kappa shape index (κ1) is 23.3. The molecule has 2 aliphatic rings. The number of rotatable bonds is 5. The van der Waals surface area contributed by atoms with E-state index in [2.05, 4.69) is 35.6 Å². The number of nitrogens with zero attached hydrogens (tertiary/aromatic N) is 4. The molecule has 0 saturated carbocycles. The predicted octanol–water partition coefficient (Wildman–Crippen LogP) is 4.45. The Hall–Kier alpha value is -1.83. The molecule has 2 aromatic rings. The number of piperidine rings is 2. The van der Waals surface area contributed by atoms with Crippen LogP contribution in [0.25, 0.3) is 11.3 Å². The summed E-state index contributed by atoms with van der Waals surface area (Å²) >= 11 is 0.